The van der Waals surface area contributed by atoms with E-state index in [1.54, 1.807) is 32.2 Å². The number of ether oxygens (including phenoxy) is 1. The van der Waals surface area contributed by atoms with Gasteiger partial charge in [0.05, 0.1) is 22.2 Å². The van der Waals surface area contributed by atoms with E-state index in [2.05, 4.69) is 4.72 Å². The summed E-state index contributed by atoms with van der Waals surface area (Å²) in [6.45, 7) is 2.01. The molecule has 0 unspecified atom stereocenters. The molecule has 0 saturated heterocycles. The Morgan fingerprint density at radius 3 is 2.61 bits per heavy atom. The molecule has 1 aliphatic rings. The van der Waals surface area contributed by atoms with E-state index in [-0.39, 0.29) is 44.9 Å². The lowest BCUT2D eigenvalue weighted by Crippen LogP contribution is -2.35. The molecular weight excluding hydrogens is 493 g/mol. The van der Waals surface area contributed by atoms with Crippen molar-refractivity contribution < 1.29 is 23.4 Å². The first kappa shape index (κ1) is 23.5. The second kappa shape index (κ2) is 9.29. The topological polar surface area (TPSA) is 61.8 Å². The summed E-state index contributed by atoms with van der Waals surface area (Å²) in [7, 11) is 1.61. The number of rotatable bonds is 0. The molecule has 1 heterocycles. The average Bonchev–Trinajstić information content (AvgIpc) is 2.73. The molecule has 4 rings (SSSR count). The van der Waals surface area contributed by atoms with Gasteiger partial charge in [-0.2, -0.15) is 0 Å². The van der Waals surface area contributed by atoms with Crippen LogP contribution in [0.1, 0.15) is 17.3 Å². The van der Waals surface area contributed by atoms with Gasteiger partial charge < -0.3 is 19.5 Å². The third-order valence-corrected chi connectivity index (χ3v) is 6.36. The maximum atomic E-state index is 14.7. The number of carbonyl (C=O) groups excluding carboxylic acids is 1. The largest absolute Gasteiger partial charge is 0.505 e. The van der Waals surface area contributed by atoms with E-state index in [0.717, 1.165) is 18.0 Å². The number of nitrogens with zero attached hydrogens (tertiary/aromatic N) is 1. The number of carbonyl (C=O) groups is 1. The second-order valence-electron chi connectivity index (χ2n) is 7.61. The number of aromatic hydroxyl groups is 1. The molecule has 5 nitrogen and oxygen atoms in total. The van der Waals surface area contributed by atoms with Crippen LogP contribution in [-0.2, 0) is 0 Å². The lowest BCUT2D eigenvalue weighted by atomic mass is 10.0. The molecule has 172 valence electrons. The van der Waals surface area contributed by atoms with Crippen LogP contribution in [0.4, 0.5) is 14.5 Å². The van der Waals surface area contributed by atoms with Crippen molar-refractivity contribution in [2.24, 2.45) is 0 Å². The summed E-state index contributed by atoms with van der Waals surface area (Å²) >= 11 is 13.2. The number of anilines is 1. The van der Waals surface area contributed by atoms with Crippen LogP contribution in [0, 0.1) is 11.6 Å². The van der Waals surface area contributed by atoms with Crippen molar-refractivity contribution in [3.8, 4) is 22.6 Å². The highest BCUT2D eigenvalue weighted by Crippen LogP contribution is 2.39. The fourth-order valence-corrected chi connectivity index (χ4v) is 4.75. The quantitative estimate of drug-likeness (QED) is 0.333. The van der Waals surface area contributed by atoms with E-state index in [9.17, 15) is 18.7 Å². The van der Waals surface area contributed by atoms with Crippen LogP contribution in [0.25, 0.3) is 11.1 Å². The van der Waals surface area contributed by atoms with Crippen LogP contribution in [0.15, 0.2) is 47.4 Å². The summed E-state index contributed by atoms with van der Waals surface area (Å²) in [5, 5.41) is 10.6. The summed E-state index contributed by atoms with van der Waals surface area (Å²) in [5.74, 6) is -1.85. The van der Waals surface area contributed by atoms with Gasteiger partial charge in [0.15, 0.2) is 0 Å². The zero-order valence-electron chi connectivity index (χ0n) is 17.5. The van der Waals surface area contributed by atoms with Crippen LogP contribution in [0.2, 0.25) is 10.0 Å². The van der Waals surface area contributed by atoms with Gasteiger partial charge in [0.2, 0.25) is 0 Å². The van der Waals surface area contributed by atoms with Crippen molar-refractivity contribution in [1.82, 2.24) is 4.90 Å². The number of halogens is 4. The predicted octanol–water partition coefficient (Wildman–Crippen LogP) is 6.62. The van der Waals surface area contributed by atoms with Crippen molar-refractivity contribution in [2.75, 3.05) is 18.3 Å². The number of hydrogen-bond acceptors (Lipinski definition) is 5. The average molecular weight is 511 g/mol. The number of nitrogens with one attached hydrogen (secondary N) is 1. The molecule has 10 heteroatoms. The first-order valence-electron chi connectivity index (χ1n) is 9.80. The summed E-state index contributed by atoms with van der Waals surface area (Å²) in [6.07, 6.45) is -0.435. The Balaban J connectivity index is 1.87. The number of likely N-dealkylation sites (N-methyl/N-ethyl adjacent to an activating group) is 1. The normalized spacial score (nSPS) is 16.2. The lowest BCUT2D eigenvalue weighted by Gasteiger charge is -2.24. The van der Waals surface area contributed by atoms with Gasteiger partial charge in [-0.1, -0.05) is 23.2 Å². The van der Waals surface area contributed by atoms with E-state index < -0.39 is 17.7 Å². The Morgan fingerprint density at radius 2 is 1.85 bits per heavy atom. The van der Waals surface area contributed by atoms with Crippen LogP contribution < -0.4 is 9.46 Å². The van der Waals surface area contributed by atoms with Gasteiger partial charge in [0.1, 0.15) is 29.2 Å². The molecule has 0 aromatic heterocycles. The molecule has 0 aliphatic carbocycles. The molecule has 0 fully saturated rings. The van der Waals surface area contributed by atoms with Gasteiger partial charge in [0, 0.05) is 29.3 Å². The second-order valence-corrected chi connectivity index (χ2v) is 9.30. The molecule has 6 bridgehead atoms. The fourth-order valence-electron chi connectivity index (χ4n) is 3.48. The molecule has 1 atom stereocenters. The first-order valence-corrected chi connectivity index (χ1v) is 11.4. The molecular formula is C23H18Cl2F2N2O3S. The van der Waals surface area contributed by atoms with E-state index >= 15 is 0 Å². The zero-order valence-corrected chi connectivity index (χ0v) is 19.8. The smallest absolute Gasteiger partial charge is 0.253 e. The molecule has 2 N–H and O–H groups in total. The summed E-state index contributed by atoms with van der Waals surface area (Å²) in [6, 6.07) is 9.57. The first-order chi connectivity index (χ1) is 15.6. The Hall–Kier alpha value is -2.68. The minimum absolute atomic E-state index is 0.0335. The highest BCUT2D eigenvalue weighted by atomic mass is 35.5. The van der Waals surface area contributed by atoms with Gasteiger partial charge in [-0.05, 0) is 60.8 Å². The summed E-state index contributed by atoms with van der Waals surface area (Å²) in [5.41, 5.74) is 0.687. The van der Waals surface area contributed by atoms with Crippen molar-refractivity contribution in [3.05, 3.63) is 69.7 Å². The Kier molecular flexibility index (Phi) is 6.61. The van der Waals surface area contributed by atoms with Crippen molar-refractivity contribution >= 4 is 46.7 Å². The summed E-state index contributed by atoms with van der Waals surface area (Å²) in [4.78, 5) is 14.6. The number of phenolic OH excluding ortho intramolecular Hbond substituents is 1. The van der Waals surface area contributed by atoms with Gasteiger partial charge in [-0.3, -0.25) is 4.79 Å². The molecule has 33 heavy (non-hydrogen) atoms. The van der Waals surface area contributed by atoms with E-state index in [1.807, 2.05) is 0 Å². The molecule has 1 aliphatic heterocycles. The Labute approximate surface area is 203 Å². The van der Waals surface area contributed by atoms with Gasteiger partial charge in [0.25, 0.3) is 5.91 Å². The predicted molar refractivity (Wildman–Crippen MR) is 126 cm³/mol. The van der Waals surface area contributed by atoms with Crippen LogP contribution in [0.3, 0.4) is 0 Å². The number of phenols is 1. The fraction of sp³-hybridized carbons (Fsp3) is 0.174. The molecule has 0 radical (unpaired) electrons. The van der Waals surface area contributed by atoms with Crippen molar-refractivity contribution in [3.63, 3.8) is 0 Å². The number of benzene rings is 3. The standard InChI is InChI=1S/C23H18Cl2F2N2O3S/c1-11-10-29(2)23(31)13-5-17(25)22(30)21(6-13)33-28-20-8-16(18(26)9-19(20)27)12-3-14(24)7-15(4-12)32-11/h3-9,11,28,30H,10H2,1-2H3/t11-/m0/s1. The molecule has 0 saturated carbocycles. The van der Waals surface area contributed by atoms with Crippen LogP contribution in [0.5, 0.6) is 11.5 Å². The highest BCUT2D eigenvalue weighted by Gasteiger charge is 2.21. The Morgan fingerprint density at radius 1 is 1.09 bits per heavy atom. The van der Waals surface area contributed by atoms with Crippen LogP contribution >= 0.6 is 35.1 Å². The van der Waals surface area contributed by atoms with Crippen molar-refractivity contribution in [2.45, 2.75) is 17.9 Å². The molecule has 3 aromatic carbocycles. The number of hydrogen-bond donors (Lipinski definition) is 2. The monoisotopic (exact) mass is 510 g/mol. The lowest BCUT2D eigenvalue weighted by molar-refractivity contribution is 0.0726. The minimum atomic E-state index is -0.838. The minimum Gasteiger partial charge on any atom is -0.505 e. The number of fused-ring (bicyclic) bond motifs is 7. The summed E-state index contributed by atoms with van der Waals surface area (Å²) < 4.78 is 37.9. The molecule has 1 amide bonds. The maximum absolute atomic E-state index is 14.7. The third-order valence-electron chi connectivity index (χ3n) is 5.00. The zero-order chi connectivity index (χ0) is 23.9. The van der Waals surface area contributed by atoms with E-state index in [4.69, 9.17) is 27.9 Å². The van der Waals surface area contributed by atoms with Crippen LogP contribution in [-0.4, -0.2) is 35.6 Å². The number of amides is 1. The van der Waals surface area contributed by atoms with E-state index in [1.165, 1.54) is 23.1 Å². The Bertz CT molecular complexity index is 1260. The SMILES string of the molecule is C[C@H]1CN(C)C(=O)c2cc(Cl)c(O)c(c2)SNc2cc(c(F)cc2F)-c2cc(Cl)cc(c2)O1. The van der Waals surface area contributed by atoms with Gasteiger partial charge >= 0.3 is 0 Å². The van der Waals surface area contributed by atoms with Gasteiger partial charge in [-0.15, -0.1) is 0 Å². The van der Waals surface area contributed by atoms with E-state index in [0.29, 0.717) is 16.3 Å². The van der Waals surface area contributed by atoms with Crippen molar-refractivity contribution in [1.29, 1.82) is 0 Å². The third kappa shape index (κ3) is 4.98. The maximum Gasteiger partial charge on any atom is 0.253 e. The van der Waals surface area contributed by atoms with Gasteiger partial charge in [-0.25, -0.2) is 8.78 Å². The molecule has 3 aromatic rings. The molecule has 0 spiro atoms. The highest BCUT2D eigenvalue weighted by molar-refractivity contribution is 8.00.